The van der Waals surface area contributed by atoms with Crippen LogP contribution in [0.15, 0.2) is 54.6 Å². The first-order chi connectivity index (χ1) is 11.2. The number of hydrogen-bond acceptors (Lipinski definition) is 3. The van der Waals surface area contributed by atoms with Crippen LogP contribution >= 0.6 is 0 Å². The maximum Gasteiger partial charge on any atom is 0.119 e. The van der Waals surface area contributed by atoms with Crippen LogP contribution in [0.2, 0.25) is 0 Å². The van der Waals surface area contributed by atoms with Gasteiger partial charge in [0.15, 0.2) is 0 Å². The predicted molar refractivity (Wildman–Crippen MR) is 94.2 cm³/mol. The lowest BCUT2D eigenvalue weighted by Gasteiger charge is -2.18. The van der Waals surface area contributed by atoms with E-state index in [0.717, 1.165) is 25.4 Å². The Morgan fingerprint density at radius 3 is 2.48 bits per heavy atom. The maximum atomic E-state index is 6.01. The molecule has 1 aliphatic rings. The zero-order valence-corrected chi connectivity index (χ0v) is 13.8. The quantitative estimate of drug-likeness (QED) is 0.888. The summed E-state index contributed by atoms with van der Waals surface area (Å²) in [5.74, 6) is 1.57. The highest BCUT2D eigenvalue weighted by molar-refractivity contribution is 5.28. The van der Waals surface area contributed by atoms with Crippen molar-refractivity contribution in [3.8, 4) is 5.75 Å². The molecule has 2 aromatic rings. The molecule has 0 aromatic heterocycles. The van der Waals surface area contributed by atoms with Crippen LogP contribution in [-0.4, -0.2) is 24.0 Å². The van der Waals surface area contributed by atoms with Gasteiger partial charge in [-0.2, -0.15) is 0 Å². The molecule has 3 nitrogen and oxygen atoms in total. The molecule has 1 fully saturated rings. The fourth-order valence-corrected chi connectivity index (χ4v) is 3.13. The van der Waals surface area contributed by atoms with E-state index >= 15 is 0 Å². The van der Waals surface area contributed by atoms with E-state index in [2.05, 4.69) is 48.2 Å². The molecule has 2 unspecified atom stereocenters. The summed E-state index contributed by atoms with van der Waals surface area (Å²) in [6.07, 6.45) is 1.22. The largest absolute Gasteiger partial charge is 0.489 e. The van der Waals surface area contributed by atoms with Gasteiger partial charge in [0.2, 0.25) is 0 Å². The van der Waals surface area contributed by atoms with E-state index in [9.17, 15) is 0 Å². The second kappa shape index (κ2) is 7.62. The number of rotatable bonds is 6. The molecule has 1 aliphatic heterocycles. The Morgan fingerprint density at radius 1 is 1.09 bits per heavy atom. The minimum Gasteiger partial charge on any atom is -0.489 e. The van der Waals surface area contributed by atoms with Gasteiger partial charge in [-0.1, -0.05) is 42.5 Å². The van der Waals surface area contributed by atoms with Crippen molar-refractivity contribution in [3.05, 3.63) is 65.7 Å². The first-order valence-corrected chi connectivity index (χ1v) is 8.44. The van der Waals surface area contributed by atoms with Crippen LogP contribution in [0.5, 0.6) is 5.75 Å². The fraction of sp³-hybridized carbons (Fsp3) is 0.400. The van der Waals surface area contributed by atoms with Crippen LogP contribution in [0.25, 0.3) is 0 Å². The minimum atomic E-state index is 0.300. The zero-order chi connectivity index (χ0) is 16.1. The first-order valence-electron chi connectivity index (χ1n) is 8.44. The van der Waals surface area contributed by atoms with Crippen molar-refractivity contribution in [2.24, 2.45) is 11.7 Å². The summed E-state index contributed by atoms with van der Waals surface area (Å²) in [4.78, 5) is 2.49. The van der Waals surface area contributed by atoms with Crippen molar-refractivity contribution >= 4 is 0 Å². The predicted octanol–water partition coefficient (Wildman–Crippen LogP) is 3.43. The van der Waals surface area contributed by atoms with Crippen LogP contribution < -0.4 is 10.5 Å². The Hall–Kier alpha value is -1.84. The molecule has 0 saturated carbocycles. The Balaban J connectivity index is 1.49. The van der Waals surface area contributed by atoms with E-state index in [-0.39, 0.29) is 0 Å². The van der Waals surface area contributed by atoms with Crippen molar-refractivity contribution in [2.75, 3.05) is 13.1 Å². The van der Waals surface area contributed by atoms with Gasteiger partial charge >= 0.3 is 0 Å². The molecule has 0 amide bonds. The molecule has 2 aromatic carbocycles. The van der Waals surface area contributed by atoms with Gasteiger partial charge in [0.05, 0.1) is 0 Å². The van der Waals surface area contributed by atoms with Crippen molar-refractivity contribution in [3.63, 3.8) is 0 Å². The van der Waals surface area contributed by atoms with E-state index in [1.165, 1.54) is 17.5 Å². The summed E-state index contributed by atoms with van der Waals surface area (Å²) in [6, 6.07) is 19.0. The highest BCUT2D eigenvalue weighted by Crippen LogP contribution is 2.22. The Bertz CT molecular complexity index is 595. The van der Waals surface area contributed by atoms with Gasteiger partial charge < -0.3 is 10.5 Å². The molecule has 2 atom stereocenters. The Labute approximate surface area is 139 Å². The van der Waals surface area contributed by atoms with Crippen LogP contribution in [0.1, 0.15) is 24.5 Å². The van der Waals surface area contributed by atoms with Crippen molar-refractivity contribution in [1.29, 1.82) is 0 Å². The summed E-state index contributed by atoms with van der Waals surface area (Å²) in [5, 5.41) is 0. The molecule has 0 aliphatic carbocycles. The first kappa shape index (κ1) is 16.0. The molecule has 1 heterocycles. The van der Waals surface area contributed by atoms with Crippen LogP contribution in [0.3, 0.4) is 0 Å². The molecule has 3 rings (SSSR count). The highest BCUT2D eigenvalue weighted by Gasteiger charge is 2.24. The number of hydrogen-bond donors (Lipinski definition) is 1. The number of nitrogens with zero attached hydrogens (tertiary/aromatic N) is 1. The Kier molecular flexibility index (Phi) is 5.31. The third kappa shape index (κ3) is 4.57. The molecule has 0 spiro atoms. The third-order valence-electron chi connectivity index (χ3n) is 4.63. The SMILES string of the molecule is CC(N)C1CCN(Cc2ccc(OCc3ccccc3)cc2)C1. The number of nitrogens with two attached hydrogens (primary N) is 1. The van der Waals surface area contributed by atoms with Crippen LogP contribution in [0.4, 0.5) is 0 Å². The van der Waals surface area contributed by atoms with Gasteiger partial charge in [0, 0.05) is 19.1 Å². The van der Waals surface area contributed by atoms with Crippen LogP contribution in [-0.2, 0) is 13.2 Å². The molecule has 23 heavy (non-hydrogen) atoms. The summed E-state index contributed by atoms with van der Waals surface area (Å²) in [6.45, 7) is 6.00. The monoisotopic (exact) mass is 310 g/mol. The highest BCUT2D eigenvalue weighted by atomic mass is 16.5. The van der Waals surface area contributed by atoms with E-state index in [0.29, 0.717) is 18.6 Å². The van der Waals surface area contributed by atoms with Crippen molar-refractivity contribution in [2.45, 2.75) is 32.5 Å². The normalized spacial score (nSPS) is 19.7. The smallest absolute Gasteiger partial charge is 0.119 e. The summed E-state index contributed by atoms with van der Waals surface area (Å²) < 4.78 is 5.84. The number of ether oxygens (including phenoxy) is 1. The van der Waals surface area contributed by atoms with E-state index in [1.807, 2.05) is 18.2 Å². The molecular formula is C20H26N2O. The van der Waals surface area contributed by atoms with Gasteiger partial charge in [-0.15, -0.1) is 0 Å². The molecule has 122 valence electrons. The molecule has 2 N–H and O–H groups in total. The van der Waals surface area contributed by atoms with E-state index in [1.54, 1.807) is 0 Å². The van der Waals surface area contributed by atoms with E-state index in [4.69, 9.17) is 10.5 Å². The zero-order valence-electron chi connectivity index (χ0n) is 13.8. The van der Waals surface area contributed by atoms with Gasteiger partial charge in [-0.25, -0.2) is 0 Å². The van der Waals surface area contributed by atoms with E-state index < -0.39 is 0 Å². The molecule has 0 radical (unpaired) electrons. The fourth-order valence-electron chi connectivity index (χ4n) is 3.13. The number of likely N-dealkylation sites (tertiary alicyclic amines) is 1. The topological polar surface area (TPSA) is 38.5 Å². The van der Waals surface area contributed by atoms with Gasteiger partial charge in [0.1, 0.15) is 12.4 Å². The summed E-state index contributed by atoms with van der Waals surface area (Å²) >= 11 is 0. The molecular weight excluding hydrogens is 284 g/mol. The molecule has 0 bridgehead atoms. The lowest BCUT2D eigenvalue weighted by atomic mass is 10.0. The average molecular weight is 310 g/mol. The lowest BCUT2D eigenvalue weighted by Crippen LogP contribution is -2.29. The lowest BCUT2D eigenvalue weighted by molar-refractivity contribution is 0.302. The molecule has 1 saturated heterocycles. The van der Waals surface area contributed by atoms with Gasteiger partial charge in [-0.3, -0.25) is 4.90 Å². The number of benzene rings is 2. The second-order valence-corrected chi connectivity index (χ2v) is 6.56. The third-order valence-corrected chi connectivity index (χ3v) is 4.63. The van der Waals surface area contributed by atoms with Gasteiger partial charge in [0.25, 0.3) is 0 Å². The maximum absolute atomic E-state index is 6.01. The second-order valence-electron chi connectivity index (χ2n) is 6.56. The molecule has 3 heteroatoms. The summed E-state index contributed by atoms with van der Waals surface area (Å²) in [5.41, 5.74) is 8.54. The van der Waals surface area contributed by atoms with Gasteiger partial charge in [-0.05, 0) is 49.1 Å². The van der Waals surface area contributed by atoms with Crippen molar-refractivity contribution in [1.82, 2.24) is 4.90 Å². The standard InChI is InChI=1S/C20H26N2O/c1-16(21)19-11-12-22(14-19)13-17-7-9-20(10-8-17)23-15-18-5-3-2-4-6-18/h2-10,16,19H,11-15,21H2,1H3. The minimum absolute atomic E-state index is 0.300. The Morgan fingerprint density at radius 2 is 1.83 bits per heavy atom. The van der Waals surface area contributed by atoms with Crippen molar-refractivity contribution < 1.29 is 4.74 Å². The van der Waals surface area contributed by atoms with Crippen LogP contribution in [0, 0.1) is 5.92 Å². The average Bonchev–Trinajstić information content (AvgIpc) is 3.04. The summed E-state index contributed by atoms with van der Waals surface area (Å²) in [7, 11) is 0.